The van der Waals surface area contributed by atoms with Gasteiger partial charge >= 0.3 is 12.4 Å². The summed E-state index contributed by atoms with van der Waals surface area (Å²) in [6, 6.07) is 8.02. The van der Waals surface area contributed by atoms with E-state index in [1.807, 2.05) is 0 Å². The van der Waals surface area contributed by atoms with Crippen molar-refractivity contribution in [2.75, 3.05) is 24.5 Å². The summed E-state index contributed by atoms with van der Waals surface area (Å²) in [6.07, 6.45) is -6.90. The highest BCUT2D eigenvalue weighted by Gasteiger charge is 2.45. The second kappa shape index (κ2) is 7.56. The molecule has 2 aliphatic heterocycles. The molecule has 1 spiro atoms. The summed E-state index contributed by atoms with van der Waals surface area (Å²) in [5, 5.41) is 0. The molecule has 1 saturated heterocycles. The molecule has 4 rings (SSSR count). The van der Waals surface area contributed by atoms with Gasteiger partial charge in [0, 0.05) is 36.4 Å². The number of likely N-dealkylation sites (tertiary alicyclic amines) is 1. The van der Waals surface area contributed by atoms with E-state index in [2.05, 4.69) is 6.58 Å². The van der Waals surface area contributed by atoms with Gasteiger partial charge in [-0.15, -0.1) is 0 Å². The Labute approximate surface area is 180 Å². The predicted octanol–water partition coefficient (Wildman–Crippen LogP) is 5.82. The summed E-state index contributed by atoms with van der Waals surface area (Å²) in [7, 11) is 0. The maximum Gasteiger partial charge on any atom is 0.416 e. The van der Waals surface area contributed by atoms with Crippen LogP contribution in [0.1, 0.15) is 23.1 Å². The van der Waals surface area contributed by atoms with Crippen LogP contribution in [-0.4, -0.2) is 30.4 Å². The van der Waals surface area contributed by atoms with Crippen LogP contribution in [0.5, 0.6) is 0 Å². The average molecular weight is 454 g/mol. The van der Waals surface area contributed by atoms with E-state index >= 15 is 0 Å². The number of carbonyl (C=O) groups is 1. The molecule has 1 unspecified atom stereocenters. The summed E-state index contributed by atoms with van der Waals surface area (Å²) in [5.74, 6) is -0.252. The highest BCUT2D eigenvalue weighted by molar-refractivity contribution is 5.87. The number of rotatable bonds is 2. The molecule has 170 valence electrons. The summed E-state index contributed by atoms with van der Waals surface area (Å²) in [5.41, 5.74) is -0.664. The molecule has 0 aromatic heterocycles. The number of carbonyl (C=O) groups excluding carboxylic acids is 1. The van der Waals surface area contributed by atoms with E-state index < -0.39 is 28.9 Å². The van der Waals surface area contributed by atoms with Crippen molar-refractivity contribution in [3.05, 3.63) is 71.8 Å². The Morgan fingerprint density at radius 3 is 2.16 bits per heavy atom. The molecule has 2 heterocycles. The Kier molecular flexibility index (Phi) is 5.26. The molecule has 32 heavy (non-hydrogen) atoms. The Morgan fingerprint density at radius 2 is 1.56 bits per heavy atom. The van der Waals surface area contributed by atoms with Crippen molar-refractivity contribution in [2.45, 2.75) is 25.2 Å². The number of benzene rings is 2. The largest absolute Gasteiger partial charge is 0.416 e. The normalized spacial score (nSPS) is 21.1. The second-order valence-electron chi connectivity index (χ2n) is 8.36. The molecule has 3 nitrogen and oxygen atoms in total. The fraction of sp³-hybridized carbons (Fsp3) is 0.348. The van der Waals surface area contributed by atoms with Crippen LogP contribution in [-0.2, 0) is 23.6 Å². The van der Waals surface area contributed by atoms with Crippen molar-refractivity contribution in [1.82, 2.24) is 4.90 Å². The van der Waals surface area contributed by atoms with Gasteiger partial charge < -0.3 is 9.80 Å². The molecular formula is C23H20F6N2O. The molecule has 1 fully saturated rings. The molecule has 0 N–H and O–H groups in total. The van der Waals surface area contributed by atoms with Gasteiger partial charge in [0.25, 0.3) is 0 Å². The molecular weight excluding hydrogens is 434 g/mol. The molecule has 2 aliphatic rings. The van der Waals surface area contributed by atoms with Crippen molar-refractivity contribution in [2.24, 2.45) is 5.41 Å². The lowest BCUT2D eigenvalue weighted by Crippen LogP contribution is -2.44. The van der Waals surface area contributed by atoms with Crippen LogP contribution < -0.4 is 4.90 Å². The predicted molar refractivity (Wildman–Crippen MR) is 107 cm³/mol. The van der Waals surface area contributed by atoms with Gasteiger partial charge in [-0.05, 0) is 66.9 Å². The average Bonchev–Trinajstić information content (AvgIpc) is 3.14. The number of halogens is 6. The van der Waals surface area contributed by atoms with Crippen LogP contribution in [0.3, 0.4) is 0 Å². The fourth-order valence-corrected chi connectivity index (χ4v) is 4.63. The zero-order chi connectivity index (χ0) is 23.3. The summed E-state index contributed by atoms with van der Waals surface area (Å²) in [6.45, 7) is 4.64. The highest BCUT2D eigenvalue weighted by atomic mass is 19.4. The lowest BCUT2D eigenvalue weighted by molar-refractivity contribution is -0.138. The van der Waals surface area contributed by atoms with Crippen LogP contribution in [0.2, 0.25) is 0 Å². The highest BCUT2D eigenvalue weighted by Crippen LogP contribution is 2.47. The number of alkyl halides is 6. The van der Waals surface area contributed by atoms with Gasteiger partial charge in [0.05, 0.1) is 11.1 Å². The monoisotopic (exact) mass is 454 g/mol. The molecule has 1 atom stereocenters. The Morgan fingerprint density at radius 1 is 0.938 bits per heavy atom. The van der Waals surface area contributed by atoms with E-state index in [0.29, 0.717) is 49.4 Å². The first-order valence-corrected chi connectivity index (χ1v) is 9.98. The molecule has 1 amide bonds. The number of hydrogen-bond donors (Lipinski definition) is 0. The SMILES string of the molecule is C=CC(=O)N1CCC2(Cc3cc(C(F)(F)F)ccc3N(c3ccc(C(F)(F)F)cc3)C2)C1. The van der Waals surface area contributed by atoms with Gasteiger partial charge in [-0.1, -0.05) is 6.58 Å². The van der Waals surface area contributed by atoms with Gasteiger partial charge in [0.2, 0.25) is 5.91 Å². The topological polar surface area (TPSA) is 23.6 Å². The fourth-order valence-electron chi connectivity index (χ4n) is 4.63. The smallest absolute Gasteiger partial charge is 0.341 e. The van der Waals surface area contributed by atoms with Crippen LogP contribution in [0, 0.1) is 5.41 Å². The third kappa shape index (κ3) is 4.08. The van der Waals surface area contributed by atoms with Crippen LogP contribution >= 0.6 is 0 Å². The van der Waals surface area contributed by atoms with Gasteiger partial charge in [0.15, 0.2) is 0 Å². The lowest BCUT2D eigenvalue weighted by Gasteiger charge is -2.43. The Bertz CT molecular complexity index is 1040. The van der Waals surface area contributed by atoms with Crippen LogP contribution in [0.15, 0.2) is 55.1 Å². The summed E-state index contributed by atoms with van der Waals surface area (Å²) >= 11 is 0. The second-order valence-corrected chi connectivity index (χ2v) is 8.36. The number of hydrogen-bond acceptors (Lipinski definition) is 2. The zero-order valence-electron chi connectivity index (χ0n) is 16.9. The number of amides is 1. The number of anilines is 2. The van der Waals surface area contributed by atoms with Crippen molar-refractivity contribution in [1.29, 1.82) is 0 Å². The minimum absolute atomic E-state index is 0.252. The quantitative estimate of drug-likeness (QED) is 0.422. The number of nitrogens with zero attached hydrogens (tertiary/aromatic N) is 2. The standard InChI is InChI=1S/C23H20F6N2O/c1-2-20(32)30-10-9-21(13-30)12-15-11-17(23(27,28)29)5-8-19(15)31(14-21)18-6-3-16(4-7-18)22(24,25)26/h2-8,11H,1,9-10,12-14H2. The third-order valence-electron chi connectivity index (χ3n) is 6.19. The Hall–Kier alpha value is -2.97. The van der Waals surface area contributed by atoms with Gasteiger partial charge in [-0.3, -0.25) is 4.79 Å². The zero-order valence-corrected chi connectivity index (χ0v) is 16.9. The maximum absolute atomic E-state index is 13.3. The maximum atomic E-state index is 13.3. The minimum Gasteiger partial charge on any atom is -0.341 e. The molecule has 2 aromatic rings. The number of fused-ring (bicyclic) bond motifs is 1. The van der Waals surface area contributed by atoms with Crippen molar-refractivity contribution < 1.29 is 31.1 Å². The molecule has 2 aromatic carbocycles. The molecule has 0 aliphatic carbocycles. The van der Waals surface area contributed by atoms with Crippen LogP contribution in [0.25, 0.3) is 0 Å². The van der Waals surface area contributed by atoms with Crippen LogP contribution in [0.4, 0.5) is 37.7 Å². The molecule has 0 bridgehead atoms. The first-order chi connectivity index (χ1) is 14.9. The van der Waals surface area contributed by atoms with Gasteiger partial charge in [-0.2, -0.15) is 26.3 Å². The minimum atomic E-state index is -4.51. The summed E-state index contributed by atoms with van der Waals surface area (Å²) in [4.78, 5) is 15.5. The molecule has 0 saturated carbocycles. The van der Waals surface area contributed by atoms with E-state index in [9.17, 15) is 31.1 Å². The third-order valence-corrected chi connectivity index (χ3v) is 6.19. The van der Waals surface area contributed by atoms with E-state index in [-0.39, 0.29) is 5.91 Å². The van der Waals surface area contributed by atoms with E-state index in [4.69, 9.17) is 0 Å². The van der Waals surface area contributed by atoms with Gasteiger partial charge in [-0.25, -0.2) is 0 Å². The molecule has 9 heteroatoms. The van der Waals surface area contributed by atoms with E-state index in [1.54, 1.807) is 9.80 Å². The van der Waals surface area contributed by atoms with Gasteiger partial charge in [0.1, 0.15) is 0 Å². The van der Waals surface area contributed by atoms with E-state index in [1.165, 1.54) is 24.3 Å². The molecule has 0 radical (unpaired) electrons. The first kappa shape index (κ1) is 22.2. The van der Waals surface area contributed by atoms with Crippen molar-refractivity contribution in [3.63, 3.8) is 0 Å². The first-order valence-electron chi connectivity index (χ1n) is 9.98. The van der Waals surface area contributed by atoms with E-state index in [0.717, 1.165) is 24.3 Å². The summed E-state index contributed by atoms with van der Waals surface area (Å²) < 4.78 is 78.9. The van der Waals surface area contributed by atoms with Crippen molar-refractivity contribution in [3.8, 4) is 0 Å². The Balaban J connectivity index is 1.76. The van der Waals surface area contributed by atoms with Crippen molar-refractivity contribution >= 4 is 17.3 Å². The lowest BCUT2D eigenvalue weighted by atomic mass is 9.76.